The van der Waals surface area contributed by atoms with Crippen LogP contribution in [0.4, 0.5) is 0 Å². The Balaban J connectivity index is 1.94. The molecule has 3 aromatic rings. The molecule has 7 heteroatoms. The molecule has 0 aromatic carbocycles. The van der Waals surface area contributed by atoms with Crippen LogP contribution >= 0.6 is 0 Å². The lowest BCUT2D eigenvalue weighted by Crippen LogP contribution is -2.33. The van der Waals surface area contributed by atoms with E-state index in [1.54, 1.807) is 18.0 Å². The highest BCUT2D eigenvalue weighted by Gasteiger charge is 2.22. The molecule has 3 aromatic heterocycles. The van der Waals surface area contributed by atoms with Crippen LogP contribution in [0.2, 0.25) is 0 Å². The number of nitrogens with zero attached hydrogens (tertiary/aromatic N) is 4. The molecule has 1 amide bonds. The van der Waals surface area contributed by atoms with E-state index in [2.05, 4.69) is 15.4 Å². The number of methoxy groups -OCH3 is 1. The van der Waals surface area contributed by atoms with E-state index in [0.29, 0.717) is 18.0 Å². The standard InChI is InChI=1S/C17H21N5O2/c1-11-6-8-22-15(9-11)19-12(2)16(22)17(23)20-13(10-24-4)14-5-7-18-21(14)3/h5-9,13H,10H2,1-4H3,(H,20,23)/t13-/m1/s1. The number of rotatable bonds is 5. The molecule has 0 unspecified atom stereocenters. The highest BCUT2D eigenvalue weighted by atomic mass is 16.5. The number of amides is 1. The Morgan fingerprint density at radius 3 is 2.83 bits per heavy atom. The molecule has 24 heavy (non-hydrogen) atoms. The fourth-order valence-corrected chi connectivity index (χ4v) is 2.86. The number of imidazole rings is 1. The largest absolute Gasteiger partial charge is 0.382 e. The highest BCUT2D eigenvalue weighted by Crippen LogP contribution is 2.17. The maximum absolute atomic E-state index is 12.9. The van der Waals surface area contributed by atoms with Gasteiger partial charge in [-0.2, -0.15) is 5.10 Å². The van der Waals surface area contributed by atoms with E-state index in [1.807, 2.05) is 49.7 Å². The van der Waals surface area contributed by atoms with Gasteiger partial charge in [0, 0.05) is 26.6 Å². The first-order valence-corrected chi connectivity index (χ1v) is 7.74. The third-order valence-electron chi connectivity index (χ3n) is 4.03. The third kappa shape index (κ3) is 2.90. The van der Waals surface area contributed by atoms with E-state index < -0.39 is 0 Å². The van der Waals surface area contributed by atoms with Crippen molar-refractivity contribution in [1.82, 2.24) is 24.5 Å². The van der Waals surface area contributed by atoms with Gasteiger partial charge in [-0.15, -0.1) is 0 Å². The van der Waals surface area contributed by atoms with Crippen LogP contribution in [-0.4, -0.2) is 38.8 Å². The van der Waals surface area contributed by atoms with Crippen molar-refractivity contribution in [3.8, 4) is 0 Å². The zero-order valence-electron chi connectivity index (χ0n) is 14.3. The predicted octanol–water partition coefficient (Wildman–Crippen LogP) is 1.80. The summed E-state index contributed by atoms with van der Waals surface area (Å²) in [6, 6.07) is 5.50. The number of ether oxygens (including phenoxy) is 1. The van der Waals surface area contributed by atoms with Gasteiger partial charge in [-0.3, -0.25) is 13.9 Å². The summed E-state index contributed by atoms with van der Waals surface area (Å²) < 4.78 is 8.80. The number of hydrogen-bond donors (Lipinski definition) is 1. The molecular formula is C17H21N5O2. The van der Waals surface area contributed by atoms with Crippen LogP contribution in [0.1, 0.15) is 33.5 Å². The van der Waals surface area contributed by atoms with E-state index in [0.717, 1.165) is 16.9 Å². The summed E-state index contributed by atoms with van der Waals surface area (Å²) in [6.07, 6.45) is 3.57. The minimum atomic E-state index is -0.287. The summed E-state index contributed by atoms with van der Waals surface area (Å²) in [4.78, 5) is 17.3. The second-order valence-electron chi connectivity index (χ2n) is 5.84. The van der Waals surface area contributed by atoms with E-state index in [4.69, 9.17) is 4.74 Å². The first-order valence-electron chi connectivity index (χ1n) is 7.74. The van der Waals surface area contributed by atoms with Crippen molar-refractivity contribution in [2.24, 2.45) is 7.05 Å². The number of nitrogens with one attached hydrogen (secondary N) is 1. The summed E-state index contributed by atoms with van der Waals surface area (Å²) in [5.74, 6) is -0.188. The summed E-state index contributed by atoms with van der Waals surface area (Å²) >= 11 is 0. The topological polar surface area (TPSA) is 73.4 Å². The Morgan fingerprint density at radius 2 is 2.17 bits per heavy atom. The number of carbonyl (C=O) groups excluding carboxylic acids is 1. The fraction of sp³-hybridized carbons (Fsp3) is 0.353. The van der Waals surface area contributed by atoms with Crippen LogP contribution < -0.4 is 5.32 Å². The molecule has 1 N–H and O–H groups in total. The number of fused-ring (bicyclic) bond motifs is 1. The van der Waals surface area contributed by atoms with Gasteiger partial charge in [-0.25, -0.2) is 4.98 Å². The lowest BCUT2D eigenvalue weighted by atomic mass is 10.2. The summed E-state index contributed by atoms with van der Waals surface area (Å²) in [5, 5.41) is 7.18. The SMILES string of the molecule is COC[C@@H](NC(=O)c1c(C)nc2cc(C)ccn12)c1ccnn1C. The number of aromatic nitrogens is 4. The molecule has 0 aliphatic heterocycles. The number of carbonyl (C=O) groups is 1. The van der Waals surface area contributed by atoms with Crippen LogP contribution in [0.5, 0.6) is 0 Å². The molecule has 7 nitrogen and oxygen atoms in total. The predicted molar refractivity (Wildman–Crippen MR) is 90.0 cm³/mol. The minimum absolute atomic E-state index is 0.188. The molecule has 0 radical (unpaired) electrons. The number of pyridine rings is 1. The number of aryl methyl sites for hydroxylation is 3. The molecule has 126 valence electrons. The lowest BCUT2D eigenvalue weighted by molar-refractivity contribution is 0.0886. The molecule has 0 aliphatic rings. The van der Waals surface area contributed by atoms with Crippen molar-refractivity contribution >= 4 is 11.6 Å². The molecule has 0 saturated heterocycles. The van der Waals surface area contributed by atoms with Crippen molar-refractivity contribution in [2.75, 3.05) is 13.7 Å². The van der Waals surface area contributed by atoms with Crippen molar-refractivity contribution in [1.29, 1.82) is 0 Å². The van der Waals surface area contributed by atoms with Gasteiger partial charge in [0.1, 0.15) is 11.3 Å². The van der Waals surface area contributed by atoms with Crippen LogP contribution in [0.15, 0.2) is 30.6 Å². The zero-order valence-corrected chi connectivity index (χ0v) is 14.3. The zero-order chi connectivity index (χ0) is 17.3. The monoisotopic (exact) mass is 327 g/mol. The van der Waals surface area contributed by atoms with Crippen LogP contribution in [0.3, 0.4) is 0 Å². The molecule has 1 atom stereocenters. The Morgan fingerprint density at radius 1 is 1.38 bits per heavy atom. The Labute approximate surface area is 140 Å². The fourth-order valence-electron chi connectivity index (χ4n) is 2.86. The summed E-state index contributed by atoms with van der Waals surface area (Å²) in [5.41, 5.74) is 3.98. The van der Waals surface area contributed by atoms with Gasteiger partial charge in [0.2, 0.25) is 0 Å². The smallest absolute Gasteiger partial charge is 0.270 e. The second-order valence-corrected chi connectivity index (χ2v) is 5.84. The van der Waals surface area contributed by atoms with Crippen molar-refractivity contribution in [3.05, 3.63) is 53.2 Å². The van der Waals surface area contributed by atoms with Crippen molar-refractivity contribution < 1.29 is 9.53 Å². The van der Waals surface area contributed by atoms with Gasteiger partial charge in [-0.05, 0) is 37.6 Å². The lowest BCUT2D eigenvalue weighted by Gasteiger charge is -2.18. The van der Waals surface area contributed by atoms with Crippen LogP contribution in [-0.2, 0) is 11.8 Å². The minimum Gasteiger partial charge on any atom is -0.382 e. The van der Waals surface area contributed by atoms with Crippen LogP contribution in [0, 0.1) is 13.8 Å². The second kappa shape index (κ2) is 6.45. The molecule has 0 aliphatic carbocycles. The van der Waals surface area contributed by atoms with E-state index in [-0.39, 0.29) is 11.9 Å². The third-order valence-corrected chi connectivity index (χ3v) is 4.03. The van der Waals surface area contributed by atoms with E-state index in [1.165, 1.54) is 0 Å². The molecular weight excluding hydrogens is 306 g/mol. The van der Waals surface area contributed by atoms with Gasteiger partial charge in [0.15, 0.2) is 0 Å². The maximum atomic E-state index is 12.9. The molecule has 0 fully saturated rings. The molecule has 3 rings (SSSR count). The van der Waals surface area contributed by atoms with Gasteiger partial charge in [0.05, 0.1) is 24.0 Å². The van der Waals surface area contributed by atoms with Gasteiger partial charge < -0.3 is 10.1 Å². The van der Waals surface area contributed by atoms with Crippen molar-refractivity contribution in [3.63, 3.8) is 0 Å². The Hall–Kier alpha value is -2.67. The molecule has 0 saturated carbocycles. The summed E-state index contributed by atoms with van der Waals surface area (Å²) in [7, 11) is 3.45. The average molecular weight is 327 g/mol. The van der Waals surface area contributed by atoms with E-state index >= 15 is 0 Å². The first kappa shape index (κ1) is 16.2. The quantitative estimate of drug-likeness (QED) is 0.775. The average Bonchev–Trinajstić information content (AvgIpc) is 3.08. The molecule has 0 spiro atoms. The number of hydrogen-bond acceptors (Lipinski definition) is 4. The molecule has 0 bridgehead atoms. The maximum Gasteiger partial charge on any atom is 0.270 e. The first-order chi connectivity index (χ1) is 11.5. The van der Waals surface area contributed by atoms with Gasteiger partial charge in [0.25, 0.3) is 5.91 Å². The van der Waals surface area contributed by atoms with Crippen molar-refractivity contribution in [2.45, 2.75) is 19.9 Å². The van der Waals surface area contributed by atoms with Crippen LogP contribution in [0.25, 0.3) is 5.65 Å². The normalized spacial score (nSPS) is 12.5. The highest BCUT2D eigenvalue weighted by molar-refractivity contribution is 5.95. The summed E-state index contributed by atoms with van der Waals surface area (Å²) in [6.45, 7) is 4.20. The van der Waals surface area contributed by atoms with Gasteiger partial charge >= 0.3 is 0 Å². The van der Waals surface area contributed by atoms with Gasteiger partial charge in [-0.1, -0.05) is 0 Å². The molecule has 3 heterocycles. The Kier molecular flexibility index (Phi) is 4.35. The van der Waals surface area contributed by atoms with E-state index in [9.17, 15) is 4.79 Å². The Bertz CT molecular complexity index is 880.